The molecule has 1 aromatic heterocycles. The summed E-state index contributed by atoms with van der Waals surface area (Å²) < 4.78 is 46.6. The summed E-state index contributed by atoms with van der Waals surface area (Å²) in [7, 11) is -4.33. The van der Waals surface area contributed by atoms with E-state index >= 15 is 0 Å². The summed E-state index contributed by atoms with van der Waals surface area (Å²) in [6.45, 7) is 0. The summed E-state index contributed by atoms with van der Waals surface area (Å²) in [4.78, 5) is 0. The monoisotopic (exact) mass is 517 g/mol. The molecule has 0 fully saturated rings. The molecule has 0 amide bonds. The first-order chi connectivity index (χ1) is 18.2. The number of aromatic nitrogens is 1. The molecule has 0 atom stereocenters. The average Bonchev–Trinajstić information content (AvgIpc) is 2.93. The van der Waals surface area contributed by atoms with E-state index in [1.165, 1.54) is 0 Å². The first-order valence-corrected chi connectivity index (χ1v) is 11.7. The summed E-state index contributed by atoms with van der Waals surface area (Å²) >= 11 is 0. The van der Waals surface area contributed by atoms with Crippen molar-refractivity contribution in [3.05, 3.63) is 121 Å². The standard InChI is InChI=1S/C30H23NO2.BF4/c1-33-28-18-14-26(15-19-28)31-29(23-10-6-3-7-11-23)20-25(22-8-4-2-5-9-22)21-30(31)24-12-16-27(32)17-13-24;2-1(3,4)5/h2-21H,1H3;/q;-1/p+1. The molecule has 0 saturated heterocycles. The van der Waals surface area contributed by atoms with E-state index in [0.29, 0.717) is 0 Å². The SMILES string of the molecule is COc1ccc(-[n+]2c(-c3ccccc3)cc(-c3ccccc3)cc2-c2ccc(O)cc2)cc1.F[B-](F)(F)F. The fraction of sp³-hybridized carbons (Fsp3) is 0.0333. The molecule has 1 N–H and O–H groups in total. The van der Waals surface area contributed by atoms with Gasteiger partial charge in [-0.1, -0.05) is 48.5 Å². The Bertz CT molecular complexity index is 1470. The van der Waals surface area contributed by atoms with Crippen molar-refractivity contribution in [3.8, 4) is 50.8 Å². The lowest BCUT2D eigenvalue weighted by molar-refractivity contribution is -0.572. The van der Waals surface area contributed by atoms with Crippen LogP contribution in [0.15, 0.2) is 121 Å². The van der Waals surface area contributed by atoms with Crippen LogP contribution in [0, 0.1) is 0 Å². The number of phenols is 1. The third-order valence-corrected chi connectivity index (χ3v) is 5.74. The molecule has 1 heterocycles. The molecule has 8 heteroatoms. The number of aromatic hydroxyl groups is 1. The van der Waals surface area contributed by atoms with Crippen LogP contribution in [0.2, 0.25) is 0 Å². The molecule has 192 valence electrons. The van der Waals surface area contributed by atoms with Crippen LogP contribution in [0.4, 0.5) is 17.3 Å². The number of halogens is 4. The predicted octanol–water partition coefficient (Wildman–Crippen LogP) is 7.98. The topological polar surface area (TPSA) is 33.3 Å². The maximum atomic E-state index is 9.89. The van der Waals surface area contributed by atoms with Gasteiger partial charge in [0.25, 0.3) is 0 Å². The molecular formula is C30H24BF4NO2. The minimum Gasteiger partial charge on any atom is -0.508 e. The number of pyridine rings is 1. The van der Waals surface area contributed by atoms with Gasteiger partial charge in [-0.05, 0) is 59.7 Å². The Morgan fingerprint density at radius 2 is 1.03 bits per heavy atom. The van der Waals surface area contributed by atoms with Crippen LogP contribution in [-0.4, -0.2) is 19.5 Å². The number of methoxy groups -OCH3 is 1. The molecule has 38 heavy (non-hydrogen) atoms. The van der Waals surface area contributed by atoms with E-state index in [-0.39, 0.29) is 5.75 Å². The number of hydrogen-bond acceptors (Lipinski definition) is 2. The predicted molar refractivity (Wildman–Crippen MR) is 143 cm³/mol. The smallest absolute Gasteiger partial charge is 0.508 e. The van der Waals surface area contributed by atoms with Crippen LogP contribution in [-0.2, 0) is 0 Å². The van der Waals surface area contributed by atoms with E-state index < -0.39 is 7.25 Å². The third kappa shape index (κ3) is 6.79. The highest BCUT2D eigenvalue weighted by molar-refractivity contribution is 6.50. The van der Waals surface area contributed by atoms with Crippen LogP contribution in [0.25, 0.3) is 39.3 Å². The van der Waals surface area contributed by atoms with Crippen molar-refractivity contribution in [1.82, 2.24) is 0 Å². The molecule has 0 saturated carbocycles. The van der Waals surface area contributed by atoms with Crippen molar-refractivity contribution >= 4 is 7.25 Å². The van der Waals surface area contributed by atoms with E-state index in [9.17, 15) is 22.4 Å². The zero-order valence-electron chi connectivity index (χ0n) is 20.4. The van der Waals surface area contributed by atoms with Gasteiger partial charge < -0.3 is 27.1 Å². The van der Waals surface area contributed by atoms with Crippen molar-refractivity contribution in [3.63, 3.8) is 0 Å². The van der Waals surface area contributed by atoms with Gasteiger partial charge in [0.1, 0.15) is 11.5 Å². The summed E-state index contributed by atoms with van der Waals surface area (Å²) in [5.41, 5.74) is 7.53. The summed E-state index contributed by atoms with van der Waals surface area (Å²) in [6, 6.07) is 40.7. The molecule has 0 aliphatic carbocycles. The number of ether oxygens (including phenoxy) is 1. The molecule has 5 aromatic rings. The minimum atomic E-state index is -6.00. The maximum absolute atomic E-state index is 9.89. The van der Waals surface area contributed by atoms with Gasteiger partial charge in [-0.3, -0.25) is 0 Å². The first-order valence-electron chi connectivity index (χ1n) is 11.7. The van der Waals surface area contributed by atoms with E-state index in [2.05, 4.69) is 77.4 Å². The molecule has 0 radical (unpaired) electrons. The zero-order chi connectivity index (χ0) is 27.1. The van der Waals surface area contributed by atoms with E-state index in [0.717, 1.165) is 45.1 Å². The Morgan fingerprint density at radius 3 is 1.50 bits per heavy atom. The number of rotatable bonds is 5. The Labute approximate surface area is 218 Å². The second-order valence-corrected chi connectivity index (χ2v) is 8.32. The van der Waals surface area contributed by atoms with Crippen LogP contribution in [0.3, 0.4) is 0 Å². The fourth-order valence-corrected chi connectivity index (χ4v) is 4.07. The highest BCUT2D eigenvalue weighted by atomic mass is 19.5. The van der Waals surface area contributed by atoms with Gasteiger partial charge in [0.05, 0.1) is 7.11 Å². The Hall–Kier alpha value is -4.59. The second kappa shape index (κ2) is 11.6. The van der Waals surface area contributed by atoms with Gasteiger partial charge in [-0.2, -0.15) is 4.57 Å². The largest absolute Gasteiger partial charge is 0.673 e. The van der Waals surface area contributed by atoms with Gasteiger partial charge in [0, 0.05) is 35.4 Å². The summed E-state index contributed by atoms with van der Waals surface area (Å²) in [5.74, 6) is 1.06. The Balaban J connectivity index is 0.000000617. The maximum Gasteiger partial charge on any atom is 0.673 e. The van der Waals surface area contributed by atoms with Crippen LogP contribution in [0.5, 0.6) is 11.5 Å². The number of phenolic OH excluding ortho intramolecular Hbond substituents is 1. The van der Waals surface area contributed by atoms with Crippen molar-refractivity contribution in [1.29, 1.82) is 0 Å². The highest BCUT2D eigenvalue weighted by Gasteiger charge is 2.25. The van der Waals surface area contributed by atoms with Gasteiger partial charge in [-0.25, -0.2) is 0 Å². The normalized spacial score (nSPS) is 10.9. The van der Waals surface area contributed by atoms with E-state index in [1.807, 2.05) is 36.4 Å². The van der Waals surface area contributed by atoms with Crippen molar-refractivity contribution in [2.24, 2.45) is 0 Å². The van der Waals surface area contributed by atoms with Gasteiger partial charge in [0.15, 0.2) is 0 Å². The molecule has 5 rings (SSSR count). The second-order valence-electron chi connectivity index (χ2n) is 8.32. The molecular weight excluding hydrogens is 493 g/mol. The molecule has 0 spiro atoms. The van der Waals surface area contributed by atoms with E-state index in [1.54, 1.807) is 19.2 Å². The molecule has 0 bridgehead atoms. The van der Waals surface area contributed by atoms with E-state index in [4.69, 9.17) is 4.74 Å². The Kier molecular flexibility index (Phi) is 8.11. The van der Waals surface area contributed by atoms with Gasteiger partial charge in [-0.15, -0.1) is 0 Å². The van der Waals surface area contributed by atoms with Gasteiger partial charge >= 0.3 is 7.25 Å². The lowest BCUT2D eigenvalue weighted by atomic mass is 9.98. The Morgan fingerprint density at radius 1 is 0.579 bits per heavy atom. The van der Waals surface area contributed by atoms with Crippen LogP contribution >= 0.6 is 0 Å². The summed E-state index contributed by atoms with van der Waals surface area (Å²) in [5, 5.41) is 9.89. The molecule has 0 unspecified atom stereocenters. The molecule has 4 aromatic carbocycles. The number of benzene rings is 4. The zero-order valence-corrected chi connectivity index (χ0v) is 20.4. The van der Waals surface area contributed by atoms with Crippen LogP contribution < -0.4 is 9.30 Å². The number of nitrogens with zero attached hydrogens (tertiary/aromatic N) is 1. The van der Waals surface area contributed by atoms with Gasteiger partial charge in [0.2, 0.25) is 17.1 Å². The third-order valence-electron chi connectivity index (χ3n) is 5.74. The first kappa shape index (κ1) is 26.5. The quantitative estimate of drug-likeness (QED) is 0.146. The van der Waals surface area contributed by atoms with Crippen LogP contribution in [0.1, 0.15) is 0 Å². The lowest BCUT2D eigenvalue weighted by Crippen LogP contribution is -2.36. The van der Waals surface area contributed by atoms with Crippen molar-refractivity contribution in [2.45, 2.75) is 0 Å². The molecule has 0 aliphatic rings. The lowest BCUT2D eigenvalue weighted by Gasteiger charge is -2.13. The number of hydrogen-bond donors (Lipinski definition) is 1. The van der Waals surface area contributed by atoms with Crippen molar-refractivity contribution in [2.75, 3.05) is 7.11 Å². The van der Waals surface area contributed by atoms with Crippen molar-refractivity contribution < 1.29 is 31.7 Å². The average molecular weight is 517 g/mol. The fourth-order valence-electron chi connectivity index (χ4n) is 4.07. The molecule has 0 aliphatic heterocycles. The summed E-state index contributed by atoms with van der Waals surface area (Å²) in [6.07, 6.45) is 0. The molecule has 3 nitrogen and oxygen atoms in total. The minimum absolute atomic E-state index is 0.247. The highest BCUT2D eigenvalue weighted by Crippen LogP contribution is 2.31.